The summed E-state index contributed by atoms with van der Waals surface area (Å²) in [5, 5.41) is 18.2. The lowest BCUT2D eigenvalue weighted by atomic mass is 10.0. The van der Waals surface area contributed by atoms with Crippen molar-refractivity contribution in [2.24, 2.45) is 7.05 Å². The van der Waals surface area contributed by atoms with Crippen LogP contribution in [0.25, 0.3) is 11.0 Å². The third kappa shape index (κ3) is 2.46. The second kappa shape index (κ2) is 5.47. The van der Waals surface area contributed by atoms with Crippen molar-refractivity contribution in [1.82, 2.24) is 35.4 Å². The van der Waals surface area contributed by atoms with Crippen molar-refractivity contribution >= 4 is 16.9 Å². The molecule has 4 rings (SSSR count). The van der Waals surface area contributed by atoms with E-state index in [0.717, 1.165) is 24.2 Å². The SMILES string of the molecule is Cn1cc(C2CNCCN2C(=O)c2ccc3n[nH]nc3c2)cn1. The van der Waals surface area contributed by atoms with Gasteiger partial charge < -0.3 is 10.2 Å². The van der Waals surface area contributed by atoms with E-state index in [1.54, 1.807) is 16.8 Å². The number of rotatable bonds is 2. The van der Waals surface area contributed by atoms with Gasteiger partial charge >= 0.3 is 0 Å². The number of nitrogens with zero attached hydrogens (tertiary/aromatic N) is 5. The molecule has 1 unspecified atom stereocenters. The normalized spacial score (nSPS) is 18.5. The van der Waals surface area contributed by atoms with Gasteiger partial charge in [0.2, 0.25) is 0 Å². The molecule has 0 saturated carbocycles. The second-order valence-electron chi connectivity index (χ2n) is 5.69. The molecule has 23 heavy (non-hydrogen) atoms. The predicted molar refractivity (Wildman–Crippen MR) is 83.7 cm³/mol. The van der Waals surface area contributed by atoms with Crippen molar-refractivity contribution in [3.63, 3.8) is 0 Å². The van der Waals surface area contributed by atoms with E-state index in [1.165, 1.54) is 0 Å². The van der Waals surface area contributed by atoms with E-state index in [1.807, 2.05) is 30.4 Å². The highest BCUT2D eigenvalue weighted by molar-refractivity contribution is 5.97. The number of H-pyrrole nitrogens is 1. The molecule has 3 aromatic rings. The highest BCUT2D eigenvalue weighted by Crippen LogP contribution is 2.24. The zero-order chi connectivity index (χ0) is 15.8. The molecule has 2 N–H and O–H groups in total. The van der Waals surface area contributed by atoms with E-state index in [-0.39, 0.29) is 11.9 Å². The van der Waals surface area contributed by atoms with Crippen molar-refractivity contribution in [2.75, 3.05) is 19.6 Å². The number of carbonyl (C=O) groups is 1. The van der Waals surface area contributed by atoms with E-state index in [9.17, 15) is 4.79 Å². The molecular formula is C15H17N7O. The minimum absolute atomic E-state index is 0.00486. The number of fused-ring (bicyclic) bond motifs is 1. The Balaban J connectivity index is 1.66. The topological polar surface area (TPSA) is 91.7 Å². The first kappa shape index (κ1) is 13.9. The fraction of sp³-hybridized carbons (Fsp3) is 0.333. The number of aromatic nitrogens is 5. The Bertz CT molecular complexity index is 852. The molecule has 118 valence electrons. The van der Waals surface area contributed by atoms with Gasteiger partial charge in [-0.25, -0.2) is 0 Å². The summed E-state index contributed by atoms with van der Waals surface area (Å²) >= 11 is 0. The van der Waals surface area contributed by atoms with Gasteiger partial charge in [0.1, 0.15) is 11.0 Å². The predicted octanol–water partition coefficient (Wildman–Crippen LogP) is 0.478. The van der Waals surface area contributed by atoms with Crippen LogP contribution < -0.4 is 5.32 Å². The zero-order valence-corrected chi connectivity index (χ0v) is 12.7. The number of piperazine rings is 1. The molecule has 0 spiro atoms. The first-order valence-electron chi connectivity index (χ1n) is 7.53. The third-order valence-electron chi connectivity index (χ3n) is 4.18. The van der Waals surface area contributed by atoms with Crippen LogP contribution >= 0.6 is 0 Å². The fourth-order valence-electron chi connectivity index (χ4n) is 3.00. The summed E-state index contributed by atoms with van der Waals surface area (Å²) in [4.78, 5) is 14.9. The molecule has 1 aliphatic heterocycles. The van der Waals surface area contributed by atoms with Crippen molar-refractivity contribution in [1.29, 1.82) is 0 Å². The lowest BCUT2D eigenvalue weighted by Gasteiger charge is -2.35. The summed E-state index contributed by atoms with van der Waals surface area (Å²) in [5.74, 6) is 0.00486. The maximum absolute atomic E-state index is 13.0. The number of benzene rings is 1. The Morgan fingerprint density at radius 2 is 2.17 bits per heavy atom. The fourth-order valence-corrected chi connectivity index (χ4v) is 3.00. The van der Waals surface area contributed by atoms with Gasteiger partial charge in [-0.15, -0.1) is 0 Å². The Kier molecular flexibility index (Phi) is 3.30. The molecular weight excluding hydrogens is 294 g/mol. The first-order chi connectivity index (χ1) is 11.2. The summed E-state index contributed by atoms with van der Waals surface area (Å²) in [6, 6.07) is 5.38. The van der Waals surface area contributed by atoms with Crippen molar-refractivity contribution in [3.05, 3.63) is 41.7 Å². The largest absolute Gasteiger partial charge is 0.329 e. The van der Waals surface area contributed by atoms with Gasteiger partial charge in [0, 0.05) is 44.0 Å². The number of carbonyl (C=O) groups excluding carboxylic acids is 1. The molecule has 1 atom stereocenters. The van der Waals surface area contributed by atoms with E-state index >= 15 is 0 Å². The number of amides is 1. The van der Waals surface area contributed by atoms with Gasteiger partial charge in [-0.1, -0.05) is 0 Å². The summed E-state index contributed by atoms with van der Waals surface area (Å²) in [6.07, 6.45) is 3.78. The smallest absolute Gasteiger partial charge is 0.254 e. The van der Waals surface area contributed by atoms with Gasteiger partial charge in [0.25, 0.3) is 5.91 Å². The standard InChI is InChI=1S/C15H17N7O/c1-21-9-11(7-17-21)14-8-16-4-5-22(14)15(23)10-2-3-12-13(6-10)19-20-18-12/h2-3,6-7,9,14,16H,4-5,8H2,1H3,(H,18,19,20). The van der Waals surface area contributed by atoms with Crippen LogP contribution in [0.5, 0.6) is 0 Å². The van der Waals surface area contributed by atoms with Crippen LogP contribution in [-0.2, 0) is 7.05 Å². The van der Waals surface area contributed by atoms with Crippen LogP contribution in [0.3, 0.4) is 0 Å². The summed E-state index contributed by atoms with van der Waals surface area (Å²) < 4.78 is 1.76. The van der Waals surface area contributed by atoms with Gasteiger partial charge in [-0.3, -0.25) is 9.48 Å². The molecule has 8 heteroatoms. The summed E-state index contributed by atoms with van der Waals surface area (Å²) in [7, 11) is 1.88. The Morgan fingerprint density at radius 3 is 3.00 bits per heavy atom. The van der Waals surface area contributed by atoms with E-state index in [2.05, 4.69) is 25.8 Å². The molecule has 0 radical (unpaired) electrons. The Morgan fingerprint density at radius 1 is 1.30 bits per heavy atom. The van der Waals surface area contributed by atoms with Gasteiger partial charge in [-0.2, -0.15) is 20.5 Å². The average Bonchev–Trinajstić information content (AvgIpc) is 3.22. The number of hydrogen-bond donors (Lipinski definition) is 2. The van der Waals surface area contributed by atoms with Crippen LogP contribution in [0.15, 0.2) is 30.6 Å². The van der Waals surface area contributed by atoms with Crippen LogP contribution in [0, 0.1) is 0 Å². The van der Waals surface area contributed by atoms with Gasteiger partial charge in [-0.05, 0) is 18.2 Å². The van der Waals surface area contributed by atoms with E-state index in [0.29, 0.717) is 17.6 Å². The quantitative estimate of drug-likeness (QED) is 0.718. The Labute approximate surface area is 132 Å². The number of aryl methyl sites for hydroxylation is 1. The monoisotopic (exact) mass is 311 g/mol. The molecule has 1 aliphatic rings. The summed E-state index contributed by atoms with van der Waals surface area (Å²) in [5.41, 5.74) is 3.12. The molecule has 0 bridgehead atoms. The van der Waals surface area contributed by atoms with E-state index in [4.69, 9.17) is 0 Å². The van der Waals surface area contributed by atoms with Crippen molar-refractivity contribution < 1.29 is 4.79 Å². The Hall–Kier alpha value is -2.74. The van der Waals surface area contributed by atoms with Crippen molar-refractivity contribution in [3.8, 4) is 0 Å². The molecule has 2 aromatic heterocycles. The summed E-state index contributed by atoms with van der Waals surface area (Å²) in [6.45, 7) is 2.17. The van der Waals surface area contributed by atoms with Gasteiger partial charge in [0.15, 0.2) is 0 Å². The maximum atomic E-state index is 13.0. The highest BCUT2D eigenvalue weighted by Gasteiger charge is 2.29. The second-order valence-corrected chi connectivity index (χ2v) is 5.69. The zero-order valence-electron chi connectivity index (χ0n) is 12.7. The van der Waals surface area contributed by atoms with Crippen molar-refractivity contribution in [2.45, 2.75) is 6.04 Å². The number of nitrogens with one attached hydrogen (secondary N) is 2. The number of hydrogen-bond acceptors (Lipinski definition) is 5. The molecule has 1 saturated heterocycles. The lowest BCUT2D eigenvalue weighted by molar-refractivity contribution is 0.0634. The first-order valence-corrected chi connectivity index (χ1v) is 7.53. The third-order valence-corrected chi connectivity index (χ3v) is 4.18. The van der Waals surface area contributed by atoms with E-state index < -0.39 is 0 Å². The lowest BCUT2D eigenvalue weighted by Crippen LogP contribution is -2.48. The van der Waals surface area contributed by atoms with Crippen LogP contribution in [0.4, 0.5) is 0 Å². The maximum Gasteiger partial charge on any atom is 0.254 e. The molecule has 8 nitrogen and oxygen atoms in total. The van der Waals surface area contributed by atoms with Gasteiger partial charge in [0.05, 0.1) is 12.2 Å². The minimum atomic E-state index is -0.0158. The highest BCUT2D eigenvalue weighted by atomic mass is 16.2. The molecule has 1 amide bonds. The molecule has 3 heterocycles. The molecule has 1 fully saturated rings. The van der Waals surface area contributed by atoms with Crippen LogP contribution in [0.1, 0.15) is 22.0 Å². The van der Waals surface area contributed by atoms with Crippen LogP contribution in [-0.4, -0.2) is 55.6 Å². The molecule has 1 aromatic carbocycles. The molecule has 0 aliphatic carbocycles. The average molecular weight is 311 g/mol. The van der Waals surface area contributed by atoms with Crippen LogP contribution in [0.2, 0.25) is 0 Å². The number of aromatic amines is 1. The minimum Gasteiger partial charge on any atom is -0.329 e.